The summed E-state index contributed by atoms with van der Waals surface area (Å²) in [5.74, 6) is 4.64. The molecular formula is C47H62N14O5S. The fraction of sp³-hybridized carbons (Fsp3) is 0.489. The van der Waals surface area contributed by atoms with Crippen LogP contribution in [0.5, 0.6) is 11.5 Å². The van der Waals surface area contributed by atoms with Crippen LogP contribution in [-0.2, 0) is 21.9 Å². The molecule has 6 fully saturated rings. The first kappa shape index (κ1) is 47.3. The highest BCUT2D eigenvalue weighted by atomic mass is 32.2. The van der Waals surface area contributed by atoms with E-state index in [1.165, 1.54) is 0 Å². The highest BCUT2D eigenvalue weighted by molar-refractivity contribution is 7.84. The fourth-order valence-corrected chi connectivity index (χ4v) is 9.55. The van der Waals surface area contributed by atoms with Crippen molar-refractivity contribution in [2.45, 2.75) is 54.8 Å². The minimum Gasteiger partial charge on any atom is -0.491 e. The van der Waals surface area contributed by atoms with E-state index in [0.717, 1.165) is 97.0 Å². The predicted molar refractivity (Wildman–Crippen MR) is 258 cm³/mol. The summed E-state index contributed by atoms with van der Waals surface area (Å²) in [6.07, 6.45) is 15.0. The third-order valence-electron chi connectivity index (χ3n) is 12.9. The molecule has 2 amide bonds. The minimum atomic E-state index is -1.23. The average Bonchev–Trinajstić information content (AvgIpc) is 3.78. The summed E-state index contributed by atoms with van der Waals surface area (Å²) in [5, 5.41) is 5.22. The van der Waals surface area contributed by atoms with Crippen LogP contribution in [0.4, 0.5) is 17.6 Å². The van der Waals surface area contributed by atoms with Gasteiger partial charge in [0.1, 0.15) is 59.0 Å². The number of hydrogen-bond donors (Lipinski definition) is 2. The molecule has 1 unspecified atom stereocenters. The first-order valence-corrected chi connectivity index (χ1v) is 24.0. The summed E-state index contributed by atoms with van der Waals surface area (Å²) in [5.41, 5.74) is 8.38. The smallest absolute Gasteiger partial charge is 0.270 e. The lowest BCUT2D eigenvalue weighted by Gasteiger charge is -2.62. The molecule has 6 heterocycles. The number of nitrogen functional groups attached to an aromatic ring is 1. The Hall–Kier alpha value is -6.25. The molecular weight excluding hydrogens is 873 g/mol. The topological polar surface area (TPSA) is 208 Å². The van der Waals surface area contributed by atoms with Crippen LogP contribution in [0, 0.1) is 11.8 Å². The second-order valence-electron chi connectivity index (χ2n) is 19.1. The molecule has 6 aliphatic rings. The zero-order valence-electron chi connectivity index (χ0n) is 39.9. The third-order valence-corrected chi connectivity index (χ3v) is 13.6. The number of fused-ring (bicyclic) bond motifs is 2. The normalized spacial score (nSPS) is 21.1. The van der Waals surface area contributed by atoms with Crippen molar-refractivity contribution in [3.63, 3.8) is 0 Å². The number of anilines is 3. The summed E-state index contributed by atoms with van der Waals surface area (Å²) in [6, 6.07) is 11.0. The van der Waals surface area contributed by atoms with E-state index >= 15 is 0 Å². The fourth-order valence-electron chi connectivity index (χ4n) is 9.13. The number of likely N-dealkylation sites (N-methyl/N-ethyl adjacent to an activating group) is 2. The zero-order valence-corrected chi connectivity index (χ0v) is 40.7. The largest absolute Gasteiger partial charge is 0.491 e. The molecule has 6 saturated carbocycles. The number of pyridine rings is 2. The van der Waals surface area contributed by atoms with Gasteiger partial charge in [-0.05, 0) is 115 Å². The number of carbonyl (C=O) groups is 2. The molecule has 3 N–H and O–H groups in total. The van der Waals surface area contributed by atoms with Gasteiger partial charge in [-0.3, -0.25) is 13.8 Å². The number of rotatable bonds is 15. The van der Waals surface area contributed by atoms with Crippen LogP contribution in [0.15, 0.2) is 66.3 Å². The van der Waals surface area contributed by atoms with Crippen molar-refractivity contribution in [2.24, 2.45) is 11.8 Å². The SMILES string of the molecule is CN(C)C(=O)c1cc2cnc(S(C)=O)nc2n1C12CC(C1)C2.CN(C)CCOc1ccc(N)nc1.CN(C)CCOc1ccc(Nc2ncc3cc(C(=O)N(C)C)n(C45CC(C4)C5)c3n2)nc1. The van der Waals surface area contributed by atoms with Crippen LogP contribution in [0.2, 0.25) is 0 Å². The maximum Gasteiger partial charge on any atom is 0.270 e. The Morgan fingerprint density at radius 3 is 1.57 bits per heavy atom. The van der Waals surface area contributed by atoms with Crippen molar-refractivity contribution in [2.75, 3.05) is 100.0 Å². The van der Waals surface area contributed by atoms with Gasteiger partial charge in [0.2, 0.25) is 11.1 Å². The van der Waals surface area contributed by atoms with Crippen molar-refractivity contribution in [3.8, 4) is 11.5 Å². The minimum absolute atomic E-state index is 0.00578. The number of hydrogen-bond acceptors (Lipinski definition) is 15. The Labute approximate surface area is 393 Å². The molecule has 0 radical (unpaired) electrons. The van der Waals surface area contributed by atoms with Crippen LogP contribution in [0.1, 0.15) is 59.5 Å². The van der Waals surface area contributed by atoms with Crippen molar-refractivity contribution in [1.82, 2.24) is 58.6 Å². The zero-order chi connectivity index (χ0) is 47.8. The Morgan fingerprint density at radius 2 is 1.16 bits per heavy atom. The lowest BCUT2D eigenvalue weighted by Crippen LogP contribution is -2.60. The highest BCUT2D eigenvalue weighted by Crippen LogP contribution is 2.64. The first-order valence-electron chi connectivity index (χ1n) is 22.5. The van der Waals surface area contributed by atoms with E-state index in [1.54, 1.807) is 75.1 Å². The summed E-state index contributed by atoms with van der Waals surface area (Å²) in [6.45, 7) is 3.01. The number of nitrogens with two attached hydrogens (primary N) is 1. The molecule has 6 aromatic rings. The molecule has 20 heteroatoms. The molecule has 0 saturated heterocycles. The lowest BCUT2D eigenvalue weighted by atomic mass is 9.49. The van der Waals surface area contributed by atoms with Gasteiger partial charge in [0.05, 0.1) is 23.2 Å². The predicted octanol–water partition coefficient (Wildman–Crippen LogP) is 4.70. The molecule has 0 spiro atoms. The molecule has 6 aromatic heterocycles. The Kier molecular flexibility index (Phi) is 13.5. The Bertz CT molecular complexity index is 2740. The van der Waals surface area contributed by atoms with Crippen molar-refractivity contribution >= 4 is 62.3 Å². The molecule has 67 heavy (non-hydrogen) atoms. The van der Waals surface area contributed by atoms with Gasteiger partial charge < -0.3 is 49.3 Å². The van der Waals surface area contributed by atoms with E-state index in [9.17, 15) is 13.8 Å². The summed E-state index contributed by atoms with van der Waals surface area (Å²) in [7, 11) is 13.9. The number of carbonyl (C=O) groups excluding carboxylic acids is 2. The van der Waals surface area contributed by atoms with E-state index < -0.39 is 10.8 Å². The van der Waals surface area contributed by atoms with Gasteiger partial charge in [-0.15, -0.1) is 0 Å². The van der Waals surface area contributed by atoms with Crippen LogP contribution in [0.25, 0.3) is 22.1 Å². The Morgan fingerprint density at radius 1 is 0.687 bits per heavy atom. The molecule has 12 rings (SSSR count). The monoisotopic (exact) mass is 934 g/mol. The second kappa shape index (κ2) is 19.2. The maximum absolute atomic E-state index is 12.9. The average molecular weight is 935 g/mol. The summed E-state index contributed by atoms with van der Waals surface area (Å²) in [4.78, 5) is 59.0. The van der Waals surface area contributed by atoms with E-state index in [2.05, 4.69) is 49.2 Å². The number of nitrogens with zero attached hydrogens (tertiary/aromatic N) is 12. The van der Waals surface area contributed by atoms with Crippen LogP contribution in [-0.4, -0.2) is 164 Å². The van der Waals surface area contributed by atoms with Crippen molar-refractivity contribution in [3.05, 3.63) is 72.6 Å². The Balaban J connectivity index is 0.000000150. The quantitative estimate of drug-likeness (QED) is 0.134. The number of aromatic nitrogens is 8. The van der Waals surface area contributed by atoms with Crippen molar-refractivity contribution in [1.29, 1.82) is 0 Å². The molecule has 356 valence electrons. The van der Waals surface area contributed by atoms with Gasteiger partial charge in [0.25, 0.3) is 11.8 Å². The van der Waals surface area contributed by atoms with Gasteiger partial charge in [-0.2, -0.15) is 4.98 Å². The van der Waals surface area contributed by atoms with E-state index in [0.29, 0.717) is 47.3 Å². The van der Waals surface area contributed by atoms with Gasteiger partial charge in [-0.1, -0.05) is 0 Å². The molecule has 0 aliphatic heterocycles. The highest BCUT2D eigenvalue weighted by Gasteiger charge is 2.60. The first-order chi connectivity index (χ1) is 31.9. The molecule has 19 nitrogen and oxygen atoms in total. The van der Waals surface area contributed by atoms with Crippen LogP contribution >= 0.6 is 0 Å². The number of ether oxygens (including phenoxy) is 2. The van der Waals surface area contributed by atoms with E-state index in [4.69, 9.17) is 20.2 Å². The lowest BCUT2D eigenvalue weighted by molar-refractivity contribution is -0.0871. The van der Waals surface area contributed by atoms with Crippen LogP contribution in [0.3, 0.4) is 0 Å². The molecule has 0 aromatic carbocycles. The van der Waals surface area contributed by atoms with Crippen LogP contribution < -0.4 is 20.5 Å². The van der Waals surface area contributed by atoms with Gasteiger partial charge in [0.15, 0.2) is 0 Å². The molecule has 1 atom stereocenters. The summed E-state index contributed by atoms with van der Waals surface area (Å²) >= 11 is 0. The van der Waals surface area contributed by atoms with Gasteiger partial charge in [-0.25, -0.2) is 24.9 Å². The van der Waals surface area contributed by atoms with E-state index in [-0.39, 0.29) is 22.9 Å². The van der Waals surface area contributed by atoms with Crippen molar-refractivity contribution < 1.29 is 23.3 Å². The maximum atomic E-state index is 12.9. The molecule has 4 bridgehead atoms. The standard InChI is InChI=1S/C23H29N7O2.C15H18N4O2S.C9H15N3O/c1-28(2)7-8-32-17-5-6-19(24-14-17)26-22-25-13-16-9-18(21(31)29(3)4)30(20(16)27-22)23-10-15(11-23)12-23;1-18(2)13(20)11-4-10-8-16-14(22(3)21)17-12(10)19(11)15-5-9(6-15)7-15;1-12(2)5-6-13-8-3-4-9(10)11-7-8/h5-6,9,13-15H,7-8,10-12H2,1-4H3,(H,24,25,26,27);4,8-9H,5-7H2,1-3H3;3-4,7H,5-6H2,1-2H3,(H2,10,11). The second-order valence-corrected chi connectivity index (χ2v) is 20.4. The van der Waals surface area contributed by atoms with Gasteiger partial charge >= 0.3 is 0 Å². The number of amides is 2. The van der Waals surface area contributed by atoms with E-state index in [1.807, 2.05) is 58.5 Å². The molecule has 6 aliphatic carbocycles. The third kappa shape index (κ3) is 9.92. The van der Waals surface area contributed by atoms with Gasteiger partial charge in [0, 0.05) is 81.8 Å². The number of nitrogens with one attached hydrogen (secondary N) is 1. The summed E-state index contributed by atoms with van der Waals surface area (Å²) < 4.78 is 27.0.